The third kappa shape index (κ3) is 2.46. The van der Waals surface area contributed by atoms with E-state index in [2.05, 4.69) is 4.57 Å². The van der Waals surface area contributed by atoms with Crippen molar-refractivity contribution in [3.8, 4) is 11.1 Å². The van der Waals surface area contributed by atoms with Crippen LogP contribution in [0.3, 0.4) is 0 Å². The maximum Gasteiger partial charge on any atom is 0.338 e. The Labute approximate surface area is 123 Å². The molecule has 110 valence electrons. The Balaban J connectivity index is 2.24. The van der Waals surface area contributed by atoms with E-state index in [-0.39, 0.29) is 11.0 Å². The molecule has 0 amide bonds. The molecule has 1 saturated carbocycles. The Morgan fingerprint density at radius 3 is 2.62 bits per heavy atom. The van der Waals surface area contributed by atoms with Gasteiger partial charge < -0.3 is 9.67 Å². The van der Waals surface area contributed by atoms with E-state index in [0.717, 1.165) is 24.1 Å². The molecule has 1 aliphatic heterocycles. The zero-order chi connectivity index (χ0) is 15.0. The molecule has 4 heteroatoms. The molecule has 21 heavy (non-hydrogen) atoms. The number of carboxylic acid groups (broad SMARTS) is 1. The van der Waals surface area contributed by atoms with E-state index in [1.54, 1.807) is 6.07 Å². The van der Waals surface area contributed by atoms with Crippen molar-refractivity contribution in [3.05, 3.63) is 45.9 Å². The van der Waals surface area contributed by atoms with Gasteiger partial charge in [0, 0.05) is 23.5 Å². The van der Waals surface area contributed by atoms with Crippen LogP contribution in [0, 0.1) is 6.92 Å². The van der Waals surface area contributed by atoms with Crippen LogP contribution in [-0.2, 0) is 0 Å². The molecular weight excluding hydrogens is 266 g/mol. The highest BCUT2D eigenvalue weighted by atomic mass is 16.4. The molecule has 1 fully saturated rings. The fourth-order valence-electron chi connectivity index (χ4n) is 3.44. The number of fused-ring (bicyclic) bond motifs is 1. The first-order valence-electron chi connectivity index (χ1n) is 7.47. The molecule has 3 rings (SSSR count). The Hall–Kier alpha value is -2.10. The predicted molar refractivity (Wildman–Crippen MR) is 81.1 cm³/mol. The smallest absolute Gasteiger partial charge is 0.338 e. The number of aromatic nitrogens is 1. The maximum atomic E-state index is 11.7. The van der Waals surface area contributed by atoms with Crippen LogP contribution in [-0.4, -0.2) is 15.6 Å². The zero-order valence-corrected chi connectivity index (χ0v) is 12.1. The van der Waals surface area contributed by atoms with E-state index in [1.807, 2.05) is 13.1 Å². The molecule has 0 unspecified atom stereocenters. The standard InChI is InChI=1S/C17H19NO3/c1-11-16(17(20)21)15-9-14(19)8-7-12(15)10-18(11)13-5-3-2-4-6-13/h7-10,13H,2-6H2,1H3,(H,20,21). The summed E-state index contributed by atoms with van der Waals surface area (Å²) in [4.78, 5) is 23.2. The summed E-state index contributed by atoms with van der Waals surface area (Å²) < 4.78 is 2.11. The summed E-state index contributed by atoms with van der Waals surface area (Å²) in [7, 11) is 0. The number of carboxylic acids is 1. The lowest BCUT2D eigenvalue weighted by molar-refractivity contribution is 0.0695. The summed E-state index contributed by atoms with van der Waals surface area (Å²) >= 11 is 0. The van der Waals surface area contributed by atoms with Gasteiger partial charge in [0.05, 0.1) is 5.56 Å². The molecule has 1 heterocycles. The number of nitrogens with zero attached hydrogens (tertiary/aromatic N) is 1. The SMILES string of the molecule is Cc1c(C(=O)O)c2cc(=O)ccc-2cn1C1CCCCC1. The minimum absolute atomic E-state index is 0.153. The van der Waals surface area contributed by atoms with Crippen LogP contribution in [0.2, 0.25) is 0 Å². The van der Waals surface area contributed by atoms with Gasteiger partial charge in [-0.1, -0.05) is 19.3 Å². The summed E-state index contributed by atoms with van der Waals surface area (Å²) in [5.41, 5.74) is 2.21. The Kier molecular flexibility index (Phi) is 3.53. The molecule has 0 aromatic carbocycles. The van der Waals surface area contributed by atoms with Crippen LogP contribution < -0.4 is 5.43 Å². The van der Waals surface area contributed by atoms with E-state index in [0.29, 0.717) is 11.6 Å². The molecule has 2 aliphatic carbocycles. The second-order valence-corrected chi connectivity index (χ2v) is 5.84. The van der Waals surface area contributed by atoms with Crippen molar-refractivity contribution in [1.29, 1.82) is 0 Å². The molecule has 0 bridgehead atoms. The minimum Gasteiger partial charge on any atom is -0.478 e. The number of aromatic carboxylic acids is 1. The van der Waals surface area contributed by atoms with Gasteiger partial charge >= 0.3 is 5.97 Å². The first-order chi connectivity index (χ1) is 10.1. The number of carbonyl (C=O) groups is 1. The molecule has 0 atom stereocenters. The van der Waals surface area contributed by atoms with E-state index < -0.39 is 5.97 Å². The first-order valence-corrected chi connectivity index (χ1v) is 7.47. The molecule has 1 N–H and O–H groups in total. The molecule has 3 aliphatic rings. The second-order valence-electron chi connectivity index (χ2n) is 5.84. The summed E-state index contributed by atoms with van der Waals surface area (Å²) in [6.07, 6.45) is 7.83. The summed E-state index contributed by atoms with van der Waals surface area (Å²) in [6, 6.07) is 5.02. The minimum atomic E-state index is -0.965. The summed E-state index contributed by atoms with van der Waals surface area (Å²) in [6.45, 7) is 1.84. The van der Waals surface area contributed by atoms with Gasteiger partial charge in [0.15, 0.2) is 5.43 Å². The molecular formula is C17H19NO3. The van der Waals surface area contributed by atoms with Gasteiger partial charge in [-0.25, -0.2) is 4.79 Å². The van der Waals surface area contributed by atoms with Gasteiger partial charge in [-0.15, -0.1) is 0 Å². The first kappa shape index (κ1) is 13.9. The lowest BCUT2D eigenvalue weighted by Gasteiger charge is -2.29. The van der Waals surface area contributed by atoms with Crippen LogP contribution >= 0.6 is 0 Å². The molecule has 0 radical (unpaired) electrons. The third-order valence-corrected chi connectivity index (χ3v) is 4.50. The highest BCUT2D eigenvalue weighted by Gasteiger charge is 2.23. The predicted octanol–water partition coefficient (Wildman–Crippen LogP) is 3.46. The summed E-state index contributed by atoms with van der Waals surface area (Å²) in [5, 5.41) is 9.56. The van der Waals surface area contributed by atoms with E-state index in [1.165, 1.54) is 31.4 Å². The molecule has 0 aromatic heterocycles. The number of rotatable bonds is 2. The highest BCUT2D eigenvalue weighted by Crippen LogP contribution is 2.34. The fourth-order valence-corrected chi connectivity index (χ4v) is 3.44. The van der Waals surface area contributed by atoms with Crippen molar-refractivity contribution in [2.45, 2.75) is 45.1 Å². The van der Waals surface area contributed by atoms with Gasteiger partial charge in [0.1, 0.15) is 0 Å². The van der Waals surface area contributed by atoms with E-state index in [9.17, 15) is 14.7 Å². The van der Waals surface area contributed by atoms with Gasteiger partial charge in [-0.3, -0.25) is 4.79 Å². The number of benzene rings is 1. The zero-order valence-electron chi connectivity index (χ0n) is 12.1. The van der Waals surface area contributed by atoms with Crippen molar-refractivity contribution in [1.82, 2.24) is 4.57 Å². The molecule has 0 saturated heterocycles. The highest BCUT2D eigenvalue weighted by molar-refractivity contribution is 5.97. The Morgan fingerprint density at radius 1 is 1.24 bits per heavy atom. The Morgan fingerprint density at radius 2 is 1.95 bits per heavy atom. The second kappa shape index (κ2) is 5.35. The molecule has 4 nitrogen and oxygen atoms in total. The average Bonchev–Trinajstić information content (AvgIpc) is 2.47. The van der Waals surface area contributed by atoms with Crippen LogP contribution in [0.4, 0.5) is 0 Å². The van der Waals surface area contributed by atoms with Gasteiger partial charge in [0.2, 0.25) is 0 Å². The lowest BCUT2D eigenvalue weighted by Crippen LogP contribution is -2.20. The largest absolute Gasteiger partial charge is 0.478 e. The van der Waals surface area contributed by atoms with Crippen LogP contribution in [0.1, 0.15) is 54.2 Å². The van der Waals surface area contributed by atoms with Gasteiger partial charge in [0.25, 0.3) is 0 Å². The third-order valence-electron chi connectivity index (χ3n) is 4.50. The molecule has 0 spiro atoms. The number of pyridine rings is 1. The quantitative estimate of drug-likeness (QED) is 0.919. The van der Waals surface area contributed by atoms with Crippen LogP contribution in [0.5, 0.6) is 0 Å². The van der Waals surface area contributed by atoms with Gasteiger partial charge in [-0.2, -0.15) is 0 Å². The van der Waals surface area contributed by atoms with Crippen LogP contribution in [0.25, 0.3) is 11.1 Å². The van der Waals surface area contributed by atoms with Gasteiger partial charge in [-0.05, 0) is 43.5 Å². The van der Waals surface area contributed by atoms with E-state index >= 15 is 0 Å². The van der Waals surface area contributed by atoms with E-state index in [4.69, 9.17) is 0 Å². The summed E-state index contributed by atoms with van der Waals surface area (Å²) in [5.74, 6) is -0.965. The number of hydrogen-bond donors (Lipinski definition) is 1. The van der Waals surface area contributed by atoms with Crippen molar-refractivity contribution in [3.63, 3.8) is 0 Å². The average molecular weight is 285 g/mol. The maximum absolute atomic E-state index is 11.7. The lowest BCUT2D eigenvalue weighted by atomic mass is 9.92. The number of hydrogen-bond acceptors (Lipinski definition) is 2. The van der Waals surface area contributed by atoms with Crippen molar-refractivity contribution >= 4 is 5.97 Å². The normalized spacial score (nSPS) is 16.2. The van der Waals surface area contributed by atoms with Crippen molar-refractivity contribution in [2.75, 3.05) is 0 Å². The topological polar surface area (TPSA) is 59.3 Å². The van der Waals surface area contributed by atoms with Crippen molar-refractivity contribution in [2.24, 2.45) is 0 Å². The monoisotopic (exact) mass is 285 g/mol. The Bertz CT molecular complexity index is 711. The fraction of sp³-hybridized carbons (Fsp3) is 0.412. The molecule has 0 aromatic rings. The van der Waals surface area contributed by atoms with Crippen LogP contribution in [0.15, 0.2) is 29.2 Å². The van der Waals surface area contributed by atoms with Crippen molar-refractivity contribution < 1.29 is 9.90 Å².